The molecule has 0 aliphatic carbocycles. The molecule has 0 atom stereocenters. The molecular weight excluding hydrogens is 278 g/mol. The van der Waals surface area contributed by atoms with Gasteiger partial charge in [0.2, 0.25) is 0 Å². The Hall–Kier alpha value is -2.36. The van der Waals surface area contributed by atoms with Crippen LogP contribution in [0.4, 0.5) is 0 Å². The fourth-order valence-electron chi connectivity index (χ4n) is 2.37. The van der Waals surface area contributed by atoms with Crippen LogP contribution in [0.25, 0.3) is 6.08 Å². The zero-order chi connectivity index (χ0) is 16.1. The molecule has 0 saturated heterocycles. The van der Waals surface area contributed by atoms with Crippen molar-refractivity contribution in [3.05, 3.63) is 47.6 Å². The molecule has 4 nitrogen and oxygen atoms in total. The van der Waals surface area contributed by atoms with Crippen molar-refractivity contribution in [1.82, 2.24) is 4.90 Å². The van der Waals surface area contributed by atoms with Gasteiger partial charge in [-0.15, -0.1) is 0 Å². The maximum atomic E-state index is 12.1. The third-order valence-corrected chi connectivity index (χ3v) is 3.61. The second kappa shape index (κ2) is 7.07. The fourth-order valence-corrected chi connectivity index (χ4v) is 2.37. The molecule has 0 radical (unpaired) electrons. The molecule has 0 unspecified atom stereocenters. The number of imide groups is 1. The van der Waals surface area contributed by atoms with Crippen molar-refractivity contribution in [2.45, 2.75) is 26.2 Å². The van der Waals surface area contributed by atoms with E-state index in [-0.39, 0.29) is 11.8 Å². The fraction of sp³-hybridized carbons (Fsp3) is 0.333. The molecule has 1 aliphatic rings. The van der Waals surface area contributed by atoms with E-state index in [1.165, 1.54) is 17.1 Å². The van der Waals surface area contributed by atoms with E-state index in [2.05, 4.69) is 13.8 Å². The van der Waals surface area contributed by atoms with Crippen LogP contribution in [-0.2, 0) is 9.59 Å². The highest BCUT2D eigenvalue weighted by molar-refractivity contribution is 6.06. The summed E-state index contributed by atoms with van der Waals surface area (Å²) in [6.07, 6.45) is 7.07. The number of methoxy groups -OCH3 is 1. The van der Waals surface area contributed by atoms with E-state index in [9.17, 15) is 9.59 Å². The highest BCUT2D eigenvalue weighted by Crippen LogP contribution is 2.27. The molecule has 22 heavy (non-hydrogen) atoms. The van der Waals surface area contributed by atoms with E-state index in [1.54, 1.807) is 19.3 Å². The molecular formula is C18H21NO3. The highest BCUT2D eigenvalue weighted by atomic mass is 16.5. The molecule has 0 spiro atoms. The van der Waals surface area contributed by atoms with Gasteiger partial charge in [0.1, 0.15) is 5.75 Å². The van der Waals surface area contributed by atoms with Crippen LogP contribution >= 0.6 is 0 Å². The van der Waals surface area contributed by atoms with Gasteiger partial charge >= 0.3 is 0 Å². The Morgan fingerprint density at radius 2 is 2.14 bits per heavy atom. The van der Waals surface area contributed by atoms with Crippen LogP contribution in [0.1, 0.15) is 37.3 Å². The van der Waals surface area contributed by atoms with Crippen molar-refractivity contribution in [3.63, 3.8) is 0 Å². The summed E-state index contributed by atoms with van der Waals surface area (Å²) in [5, 5.41) is 0. The summed E-state index contributed by atoms with van der Waals surface area (Å²) < 4.78 is 5.40. The standard InChI is InChI=1S/C18H21NO3/c1-13(2)15-9-7-14(12-16(15)22-3)8-10-18(21)19-11-5-4-6-17(19)20/h4,6-10,12-13H,5,11H2,1-3H3/b10-8+. The average molecular weight is 299 g/mol. The number of amides is 2. The quantitative estimate of drug-likeness (QED) is 0.802. The Kier molecular flexibility index (Phi) is 5.15. The molecule has 0 bridgehead atoms. The van der Waals surface area contributed by atoms with Crippen molar-refractivity contribution >= 4 is 17.9 Å². The first-order chi connectivity index (χ1) is 10.5. The molecule has 1 aromatic rings. The predicted molar refractivity (Wildman–Crippen MR) is 86.6 cm³/mol. The summed E-state index contributed by atoms with van der Waals surface area (Å²) in [6.45, 7) is 4.65. The smallest absolute Gasteiger partial charge is 0.253 e. The summed E-state index contributed by atoms with van der Waals surface area (Å²) in [5.74, 6) is 0.629. The van der Waals surface area contributed by atoms with Crippen molar-refractivity contribution in [2.75, 3.05) is 13.7 Å². The second-order valence-corrected chi connectivity index (χ2v) is 5.51. The van der Waals surface area contributed by atoms with Crippen molar-refractivity contribution < 1.29 is 14.3 Å². The molecule has 0 saturated carbocycles. The number of carbonyl (C=O) groups is 2. The lowest BCUT2D eigenvalue weighted by Crippen LogP contribution is -2.37. The summed E-state index contributed by atoms with van der Waals surface area (Å²) in [4.78, 5) is 24.9. The Bertz CT molecular complexity index is 629. The molecule has 1 aromatic carbocycles. The maximum absolute atomic E-state index is 12.1. The summed E-state index contributed by atoms with van der Waals surface area (Å²) in [5.41, 5.74) is 2.00. The van der Waals surface area contributed by atoms with Gasteiger partial charge in [-0.25, -0.2) is 0 Å². The molecule has 0 fully saturated rings. The minimum absolute atomic E-state index is 0.256. The minimum atomic E-state index is -0.291. The Labute approximate surface area is 131 Å². The van der Waals surface area contributed by atoms with E-state index in [4.69, 9.17) is 4.74 Å². The predicted octanol–water partition coefficient (Wildman–Crippen LogP) is 3.15. The molecule has 0 N–H and O–H groups in total. The summed E-state index contributed by atoms with van der Waals surface area (Å²) in [6, 6.07) is 5.85. The van der Waals surface area contributed by atoms with Crippen molar-refractivity contribution in [2.24, 2.45) is 0 Å². The Morgan fingerprint density at radius 3 is 2.77 bits per heavy atom. The lowest BCUT2D eigenvalue weighted by Gasteiger charge is -2.19. The number of ether oxygens (including phenoxy) is 1. The van der Waals surface area contributed by atoms with Gasteiger partial charge in [-0.1, -0.05) is 32.1 Å². The number of hydrogen-bond donors (Lipinski definition) is 0. The first kappa shape index (κ1) is 16.0. The lowest BCUT2D eigenvalue weighted by atomic mass is 10.00. The molecule has 0 aromatic heterocycles. The van der Waals surface area contributed by atoms with Gasteiger partial charge in [-0.05, 0) is 41.7 Å². The van der Waals surface area contributed by atoms with Gasteiger partial charge in [0.25, 0.3) is 11.8 Å². The first-order valence-electron chi connectivity index (χ1n) is 7.41. The third kappa shape index (κ3) is 3.64. The summed E-state index contributed by atoms with van der Waals surface area (Å²) in [7, 11) is 1.64. The van der Waals surface area contributed by atoms with E-state index >= 15 is 0 Å². The van der Waals surface area contributed by atoms with E-state index in [0.717, 1.165) is 16.9 Å². The van der Waals surface area contributed by atoms with E-state index in [0.29, 0.717) is 18.9 Å². The zero-order valence-corrected chi connectivity index (χ0v) is 13.2. The van der Waals surface area contributed by atoms with Crippen LogP contribution in [0.3, 0.4) is 0 Å². The monoisotopic (exact) mass is 299 g/mol. The number of benzene rings is 1. The molecule has 2 rings (SSSR count). The molecule has 1 heterocycles. The van der Waals surface area contributed by atoms with Gasteiger partial charge in [0.15, 0.2) is 0 Å². The van der Waals surface area contributed by atoms with Crippen LogP contribution in [0, 0.1) is 0 Å². The lowest BCUT2D eigenvalue weighted by molar-refractivity contribution is -0.139. The van der Waals surface area contributed by atoms with E-state index in [1.807, 2.05) is 18.2 Å². The topological polar surface area (TPSA) is 46.6 Å². The van der Waals surface area contributed by atoms with Gasteiger partial charge in [-0.2, -0.15) is 0 Å². The molecule has 116 valence electrons. The Balaban J connectivity index is 2.14. The second-order valence-electron chi connectivity index (χ2n) is 5.51. The molecule has 2 amide bonds. The number of rotatable bonds is 4. The van der Waals surface area contributed by atoms with Crippen LogP contribution < -0.4 is 4.74 Å². The van der Waals surface area contributed by atoms with E-state index < -0.39 is 0 Å². The third-order valence-electron chi connectivity index (χ3n) is 3.61. The average Bonchev–Trinajstić information content (AvgIpc) is 2.52. The first-order valence-corrected chi connectivity index (χ1v) is 7.41. The van der Waals surface area contributed by atoms with Crippen LogP contribution in [0.2, 0.25) is 0 Å². The normalized spacial score (nSPS) is 14.9. The van der Waals surface area contributed by atoms with Gasteiger partial charge in [0.05, 0.1) is 7.11 Å². The Morgan fingerprint density at radius 1 is 1.36 bits per heavy atom. The number of carbonyl (C=O) groups excluding carboxylic acids is 2. The molecule has 4 heteroatoms. The SMILES string of the molecule is COc1cc(/C=C/C(=O)N2CCC=CC2=O)ccc1C(C)C. The maximum Gasteiger partial charge on any atom is 0.253 e. The number of nitrogens with zero attached hydrogens (tertiary/aromatic N) is 1. The van der Waals surface area contributed by atoms with Gasteiger partial charge in [0, 0.05) is 12.6 Å². The van der Waals surface area contributed by atoms with Crippen LogP contribution in [-0.4, -0.2) is 30.4 Å². The van der Waals surface area contributed by atoms with Crippen molar-refractivity contribution in [1.29, 1.82) is 0 Å². The van der Waals surface area contributed by atoms with Gasteiger partial charge in [-0.3, -0.25) is 14.5 Å². The summed E-state index contributed by atoms with van der Waals surface area (Å²) >= 11 is 0. The van der Waals surface area contributed by atoms with Crippen molar-refractivity contribution in [3.8, 4) is 5.75 Å². The minimum Gasteiger partial charge on any atom is -0.496 e. The number of hydrogen-bond acceptors (Lipinski definition) is 3. The van der Waals surface area contributed by atoms with Gasteiger partial charge < -0.3 is 4.74 Å². The van der Waals surface area contributed by atoms with Crippen LogP contribution in [0.5, 0.6) is 5.75 Å². The largest absolute Gasteiger partial charge is 0.496 e. The molecule has 1 aliphatic heterocycles. The highest BCUT2D eigenvalue weighted by Gasteiger charge is 2.18. The van der Waals surface area contributed by atoms with Crippen LogP contribution in [0.15, 0.2) is 36.4 Å². The zero-order valence-electron chi connectivity index (χ0n) is 13.2.